The molecular formula is C19H19ClN2O3. The Hall–Kier alpha value is -2.40. The summed E-state index contributed by atoms with van der Waals surface area (Å²) in [6.07, 6.45) is -0.582. The van der Waals surface area contributed by atoms with E-state index in [4.69, 9.17) is 21.1 Å². The third-order valence-corrected chi connectivity index (χ3v) is 4.89. The molecule has 2 aromatic rings. The minimum Gasteiger partial charge on any atom is -0.485 e. The molecule has 0 aliphatic carbocycles. The van der Waals surface area contributed by atoms with Crippen LogP contribution in [0.25, 0.3) is 0 Å². The lowest BCUT2D eigenvalue weighted by atomic mass is 10.2. The lowest BCUT2D eigenvalue weighted by Gasteiger charge is -2.38. The van der Waals surface area contributed by atoms with Gasteiger partial charge in [-0.3, -0.25) is 4.79 Å². The molecule has 25 heavy (non-hydrogen) atoms. The SMILES string of the molecule is O=C([C@H]1COc2ccccc2O1)N1CCN(c2ccccc2Cl)CC1. The van der Waals surface area contributed by atoms with Crippen molar-refractivity contribution in [1.29, 1.82) is 0 Å². The smallest absolute Gasteiger partial charge is 0.267 e. The van der Waals surface area contributed by atoms with Crippen LogP contribution in [-0.2, 0) is 4.79 Å². The maximum Gasteiger partial charge on any atom is 0.267 e. The van der Waals surface area contributed by atoms with Crippen molar-refractivity contribution in [2.24, 2.45) is 0 Å². The summed E-state index contributed by atoms with van der Waals surface area (Å²) in [5.74, 6) is 1.30. The van der Waals surface area contributed by atoms with Crippen LogP contribution in [0.5, 0.6) is 11.5 Å². The Morgan fingerprint density at radius 1 is 0.960 bits per heavy atom. The molecule has 1 saturated heterocycles. The number of anilines is 1. The van der Waals surface area contributed by atoms with E-state index in [1.165, 1.54) is 0 Å². The Bertz CT molecular complexity index is 775. The van der Waals surface area contributed by atoms with E-state index >= 15 is 0 Å². The highest BCUT2D eigenvalue weighted by atomic mass is 35.5. The normalized spacial score (nSPS) is 19.6. The molecule has 6 heteroatoms. The number of fused-ring (bicyclic) bond motifs is 1. The average Bonchev–Trinajstić information content (AvgIpc) is 2.67. The van der Waals surface area contributed by atoms with E-state index in [1.54, 1.807) is 0 Å². The van der Waals surface area contributed by atoms with Crippen LogP contribution in [0.2, 0.25) is 5.02 Å². The van der Waals surface area contributed by atoms with Crippen LogP contribution in [0.1, 0.15) is 0 Å². The molecule has 0 bridgehead atoms. The number of piperazine rings is 1. The molecule has 2 aromatic carbocycles. The van der Waals surface area contributed by atoms with E-state index in [9.17, 15) is 4.79 Å². The van der Waals surface area contributed by atoms with Gasteiger partial charge in [0.25, 0.3) is 5.91 Å². The molecular weight excluding hydrogens is 340 g/mol. The monoisotopic (exact) mass is 358 g/mol. The van der Waals surface area contributed by atoms with E-state index in [0.29, 0.717) is 24.6 Å². The minimum absolute atomic E-state index is 0.0201. The molecule has 1 atom stereocenters. The van der Waals surface area contributed by atoms with Gasteiger partial charge in [-0.15, -0.1) is 0 Å². The molecule has 130 valence electrons. The number of rotatable bonds is 2. The number of carbonyl (C=O) groups is 1. The van der Waals surface area contributed by atoms with Gasteiger partial charge in [-0.2, -0.15) is 0 Å². The van der Waals surface area contributed by atoms with Gasteiger partial charge in [0.2, 0.25) is 6.10 Å². The van der Waals surface area contributed by atoms with E-state index in [1.807, 2.05) is 53.4 Å². The summed E-state index contributed by atoms with van der Waals surface area (Å²) in [6.45, 7) is 3.04. The van der Waals surface area contributed by atoms with Crippen LogP contribution in [0.3, 0.4) is 0 Å². The second-order valence-corrected chi connectivity index (χ2v) is 6.54. The number of benzene rings is 2. The second kappa shape index (κ2) is 6.84. The third-order valence-electron chi connectivity index (χ3n) is 4.57. The molecule has 4 rings (SSSR count). The topological polar surface area (TPSA) is 42.0 Å². The van der Waals surface area contributed by atoms with Gasteiger partial charge in [-0.1, -0.05) is 35.9 Å². The van der Waals surface area contributed by atoms with Crippen molar-refractivity contribution in [3.63, 3.8) is 0 Å². The second-order valence-electron chi connectivity index (χ2n) is 6.13. The van der Waals surface area contributed by atoms with Gasteiger partial charge in [0.1, 0.15) is 6.61 Å². The summed E-state index contributed by atoms with van der Waals surface area (Å²) in [6, 6.07) is 15.2. The first-order valence-corrected chi connectivity index (χ1v) is 8.77. The number of carbonyl (C=O) groups excluding carboxylic acids is 1. The standard InChI is InChI=1S/C19H19ClN2O3/c20-14-5-1-2-6-15(14)21-9-11-22(12-10-21)19(23)18-13-24-16-7-3-4-8-17(16)25-18/h1-8,18H,9-13H2/t18-/m1/s1. The predicted molar refractivity (Wildman–Crippen MR) is 96.6 cm³/mol. The quantitative estimate of drug-likeness (QED) is 0.828. The summed E-state index contributed by atoms with van der Waals surface area (Å²) in [5.41, 5.74) is 1.02. The molecule has 0 aromatic heterocycles. The van der Waals surface area contributed by atoms with Crippen molar-refractivity contribution in [2.45, 2.75) is 6.10 Å². The van der Waals surface area contributed by atoms with Crippen molar-refractivity contribution in [3.05, 3.63) is 53.6 Å². The fraction of sp³-hybridized carbons (Fsp3) is 0.316. The Kier molecular flexibility index (Phi) is 4.40. The molecule has 0 saturated carbocycles. The van der Waals surface area contributed by atoms with Gasteiger partial charge in [0, 0.05) is 26.2 Å². The Morgan fingerprint density at radius 3 is 2.40 bits per heavy atom. The summed E-state index contributed by atoms with van der Waals surface area (Å²) < 4.78 is 11.5. The largest absolute Gasteiger partial charge is 0.485 e. The van der Waals surface area contributed by atoms with Gasteiger partial charge in [0.05, 0.1) is 10.7 Å². The molecule has 0 spiro atoms. The molecule has 2 aliphatic rings. The average molecular weight is 359 g/mol. The van der Waals surface area contributed by atoms with E-state index < -0.39 is 6.10 Å². The summed E-state index contributed by atoms with van der Waals surface area (Å²) >= 11 is 6.27. The molecule has 5 nitrogen and oxygen atoms in total. The number of amides is 1. The van der Waals surface area contributed by atoms with Crippen LogP contribution >= 0.6 is 11.6 Å². The summed E-state index contributed by atoms with van der Waals surface area (Å²) in [7, 11) is 0. The van der Waals surface area contributed by atoms with Gasteiger partial charge >= 0.3 is 0 Å². The number of ether oxygens (including phenoxy) is 2. The fourth-order valence-corrected chi connectivity index (χ4v) is 3.48. The summed E-state index contributed by atoms with van der Waals surface area (Å²) in [5, 5.41) is 0.739. The minimum atomic E-state index is -0.582. The van der Waals surface area contributed by atoms with Crippen LogP contribution in [0, 0.1) is 0 Å². The molecule has 2 aliphatic heterocycles. The van der Waals surface area contributed by atoms with Crippen molar-refractivity contribution >= 4 is 23.2 Å². The Morgan fingerprint density at radius 2 is 1.64 bits per heavy atom. The zero-order chi connectivity index (χ0) is 17.2. The van der Waals surface area contributed by atoms with Crippen LogP contribution < -0.4 is 14.4 Å². The van der Waals surface area contributed by atoms with Crippen LogP contribution in [-0.4, -0.2) is 49.7 Å². The van der Waals surface area contributed by atoms with Crippen molar-refractivity contribution in [1.82, 2.24) is 4.90 Å². The number of halogens is 1. The fourth-order valence-electron chi connectivity index (χ4n) is 3.22. The highest BCUT2D eigenvalue weighted by molar-refractivity contribution is 6.33. The maximum absolute atomic E-state index is 12.7. The van der Waals surface area contributed by atoms with E-state index in [2.05, 4.69) is 4.90 Å². The summed E-state index contributed by atoms with van der Waals surface area (Å²) in [4.78, 5) is 16.8. The molecule has 1 amide bonds. The Labute approximate surface area is 151 Å². The number of hydrogen-bond acceptors (Lipinski definition) is 4. The number of nitrogens with zero attached hydrogens (tertiary/aromatic N) is 2. The highest BCUT2D eigenvalue weighted by Crippen LogP contribution is 2.31. The predicted octanol–water partition coefficient (Wildman–Crippen LogP) is 2.83. The van der Waals surface area contributed by atoms with Gasteiger partial charge in [-0.05, 0) is 24.3 Å². The lowest BCUT2D eigenvalue weighted by Crippen LogP contribution is -2.54. The molecule has 0 N–H and O–H groups in total. The van der Waals surface area contributed by atoms with E-state index in [-0.39, 0.29) is 12.5 Å². The number of para-hydroxylation sites is 3. The first-order valence-electron chi connectivity index (χ1n) is 8.39. The lowest BCUT2D eigenvalue weighted by molar-refractivity contribution is -0.141. The number of hydrogen-bond donors (Lipinski definition) is 0. The van der Waals surface area contributed by atoms with Gasteiger partial charge in [0.15, 0.2) is 11.5 Å². The maximum atomic E-state index is 12.7. The molecule has 1 fully saturated rings. The molecule has 2 heterocycles. The first-order chi connectivity index (χ1) is 12.2. The zero-order valence-corrected chi connectivity index (χ0v) is 14.5. The zero-order valence-electron chi connectivity index (χ0n) is 13.7. The van der Waals surface area contributed by atoms with Crippen LogP contribution in [0.4, 0.5) is 5.69 Å². The first kappa shape index (κ1) is 16.1. The molecule has 0 unspecified atom stereocenters. The molecule has 0 radical (unpaired) electrons. The van der Waals surface area contributed by atoms with Gasteiger partial charge < -0.3 is 19.3 Å². The van der Waals surface area contributed by atoms with Crippen molar-refractivity contribution in [2.75, 3.05) is 37.7 Å². The van der Waals surface area contributed by atoms with Crippen molar-refractivity contribution < 1.29 is 14.3 Å². The van der Waals surface area contributed by atoms with Gasteiger partial charge in [-0.25, -0.2) is 0 Å². The highest BCUT2D eigenvalue weighted by Gasteiger charge is 2.32. The van der Waals surface area contributed by atoms with Crippen molar-refractivity contribution in [3.8, 4) is 11.5 Å². The third kappa shape index (κ3) is 3.24. The van der Waals surface area contributed by atoms with E-state index in [0.717, 1.165) is 23.8 Å². The van der Waals surface area contributed by atoms with Crippen LogP contribution in [0.15, 0.2) is 48.5 Å². The Balaban J connectivity index is 1.38.